The maximum atomic E-state index is 14.1. The number of sulfonamides is 1. The van der Waals surface area contributed by atoms with E-state index in [4.69, 9.17) is 9.84 Å². The van der Waals surface area contributed by atoms with Gasteiger partial charge in [0.1, 0.15) is 29.4 Å². The van der Waals surface area contributed by atoms with Gasteiger partial charge in [-0.15, -0.1) is 0 Å². The molecule has 0 saturated carbocycles. The molecular weight excluding hydrogens is 519 g/mol. The number of ether oxygens (including phenoxy) is 1. The Bertz CT molecular complexity index is 1270. The van der Waals surface area contributed by atoms with E-state index in [0.717, 1.165) is 23.1 Å². The predicted molar refractivity (Wildman–Crippen MR) is 115 cm³/mol. The third kappa shape index (κ3) is 5.67. The number of hydrogen-bond acceptors (Lipinski definition) is 6. The van der Waals surface area contributed by atoms with Gasteiger partial charge in [0.05, 0.1) is 18.2 Å². The van der Waals surface area contributed by atoms with Crippen molar-refractivity contribution in [2.24, 2.45) is 0 Å². The van der Waals surface area contributed by atoms with Gasteiger partial charge in [0.25, 0.3) is 0 Å². The highest BCUT2D eigenvalue weighted by Gasteiger charge is 2.31. The standard InChI is InChI=1S/C21H19F5N2O7S/c22-7-13-16(23)18(25)20(19(26)17(13)24)27-36(33,34)9-15(30)28(8-11-2-1-5-35-11)10-3-4-12(21(31)32)14(29)6-10/h3-4,6,11,27,29H,1-2,5,7-9H2,(H,31,32). The minimum Gasteiger partial charge on any atom is -0.507 e. The molecule has 1 unspecified atom stereocenters. The molecule has 1 fully saturated rings. The van der Waals surface area contributed by atoms with Crippen LogP contribution in [0.4, 0.5) is 33.3 Å². The minimum absolute atomic E-state index is 0.116. The van der Waals surface area contributed by atoms with Crippen LogP contribution in [0.5, 0.6) is 5.75 Å². The summed E-state index contributed by atoms with van der Waals surface area (Å²) in [4.78, 5) is 24.9. The zero-order chi connectivity index (χ0) is 26.8. The smallest absolute Gasteiger partial charge is 0.339 e. The second-order valence-corrected chi connectivity index (χ2v) is 9.47. The fourth-order valence-corrected chi connectivity index (χ4v) is 4.57. The van der Waals surface area contributed by atoms with Crippen LogP contribution in [0.3, 0.4) is 0 Å². The molecule has 0 bridgehead atoms. The number of carboxylic acid groups (broad SMARTS) is 1. The van der Waals surface area contributed by atoms with Gasteiger partial charge in [0.15, 0.2) is 23.3 Å². The van der Waals surface area contributed by atoms with Crippen molar-refractivity contribution in [3.05, 3.63) is 52.6 Å². The van der Waals surface area contributed by atoms with Gasteiger partial charge in [-0.25, -0.2) is 35.2 Å². The summed E-state index contributed by atoms with van der Waals surface area (Å²) in [5.74, 6) is -13.6. The molecule has 2 aromatic carbocycles. The lowest BCUT2D eigenvalue weighted by Crippen LogP contribution is -2.42. The van der Waals surface area contributed by atoms with E-state index in [2.05, 4.69) is 0 Å². The van der Waals surface area contributed by atoms with Gasteiger partial charge in [-0.1, -0.05) is 0 Å². The molecule has 1 saturated heterocycles. The second kappa shape index (κ2) is 10.7. The number of aromatic hydroxyl groups is 1. The Hall–Kier alpha value is -3.46. The summed E-state index contributed by atoms with van der Waals surface area (Å²) in [6, 6.07) is 2.99. The van der Waals surface area contributed by atoms with Crippen LogP contribution in [0.25, 0.3) is 0 Å². The molecule has 15 heteroatoms. The average Bonchev–Trinajstić information content (AvgIpc) is 3.32. The fourth-order valence-electron chi connectivity index (χ4n) is 3.53. The largest absolute Gasteiger partial charge is 0.507 e. The number of carboxylic acids is 1. The molecule has 0 aliphatic carbocycles. The van der Waals surface area contributed by atoms with Crippen molar-refractivity contribution in [2.75, 3.05) is 28.5 Å². The molecular formula is C21H19F5N2O7S. The van der Waals surface area contributed by atoms with Gasteiger partial charge < -0.3 is 19.8 Å². The molecule has 1 amide bonds. The number of carbonyl (C=O) groups is 2. The first-order valence-corrected chi connectivity index (χ1v) is 11.9. The lowest BCUT2D eigenvalue weighted by molar-refractivity contribution is -0.116. The Labute approximate surface area is 201 Å². The normalized spacial score (nSPS) is 15.6. The Morgan fingerprint density at radius 1 is 1.11 bits per heavy atom. The average molecular weight is 538 g/mol. The topological polar surface area (TPSA) is 133 Å². The lowest BCUT2D eigenvalue weighted by atomic mass is 10.1. The van der Waals surface area contributed by atoms with Crippen LogP contribution < -0.4 is 9.62 Å². The Kier molecular flexibility index (Phi) is 8.03. The minimum atomic E-state index is -5.00. The highest BCUT2D eigenvalue weighted by molar-refractivity contribution is 7.93. The molecule has 9 nitrogen and oxygen atoms in total. The fraction of sp³-hybridized carbons (Fsp3) is 0.333. The van der Waals surface area contributed by atoms with Gasteiger partial charge in [0.2, 0.25) is 15.9 Å². The van der Waals surface area contributed by atoms with E-state index >= 15 is 0 Å². The number of alkyl halides is 1. The van der Waals surface area contributed by atoms with E-state index in [1.807, 2.05) is 0 Å². The zero-order valence-electron chi connectivity index (χ0n) is 18.2. The number of phenols is 1. The van der Waals surface area contributed by atoms with Crippen LogP contribution in [0.1, 0.15) is 28.8 Å². The second-order valence-electron chi connectivity index (χ2n) is 7.75. The number of anilines is 2. The third-order valence-electron chi connectivity index (χ3n) is 5.29. The van der Waals surface area contributed by atoms with Crippen LogP contribution in [0.2, 0.25) is 0 Å². The van der Waals surface area contributed by atoms with Crippen molar-refractivity contribution in [3.8, 4) is 5.75 Å². The summed E-state index contributed by atoms with van der Waals surface area (Å²) in [5, 5.41) is 19.0. The number of benzene rings is 2. The van der Waals surface area contributed by atoms with E-state index in [9.17, 15) is 45.1 Å². The molecule has 3 N–H and O–H groups in total. The van der Waals surface area contributed by atoms with Crippen molar-refractivity contribution in [3.63, 3.8) is 0 Å². The molecule has 0 aromatic heterocycles. The van der Waals surface area contributed by atoms with E-state index in [1.54, 1.807) is 0 Å². The first-order chi connectivity index (χ1) is 16.9. The monoisotopic (exact) mass is 538 g/mol. The summed E-state index contributed by atoms with van der Waals surface area (Å²) < 4.78 is 100. The van der Waals surface area contributed by atoms with E-state index in [0.29, 0.717) is 19.4 Å². The van der Waals surface area contributed by atoms with Crippen molar-refractivity contribution in [1.82, 2.24) is 0 Å². The highest BCUT2D eigenvalue weighted by atomic mass is 32.2. The van der Waals surface area contributed by atoms with Gasteiger partial charge in [-0.2, -0.15) is 0 Å². The number of rotatable bonds is 9. The Balaban J connectivity index is 1.91. The quantitative estimate of drug-likeness (QED) is 0.330. The summed E-state index contributed by atoms with van der Waals surface area (Å²) >= 11 is 0. The molecule has 1 aliphatic heterocycles. The van der Waals surface area contributed by atoms with Crippen molar-refractivity contribution < 1.29 is 54.9 Å². The predicted octanol–water partition coefficient (Wildman–Crippen LogP) is 3.07. The molecule has 1 aliphatic rings. The van der Waals surface area contributed by atoms with E-state index < -0.39 is 86.3 Å². The third-order valence-corrected chi connectivity index (χ3v) is 6.44. The van der Waals surface area contributed by atoms with Crippen LogP contribution in [0, 0.1) is 23.3 Å². The maximum Gasteiger partial charge on any atom is 0.339 e. The van der Waals surface area contributed by atoms with E-state index in [-0.39, 0.29) is 12.2 Å². The lowest BCUT2D eigenvalue weighted by Gasteiger charge is -2.26. The molecule has 196 valence electrons. The number of nitrogens with one attached hydrogen (secondary N) is 1. The van der Waals surface area contributed by atoms with Crippen molar-refractivity contribution in [2.45, 2.75) is 25.6 Å². The summed E-state index contributed by atoms with van der Waals surface area (Å²) in [7, 11) is -5.00. The van der Waals surface area contributed by atoms with Crippen molar-refractivity contribution >= 4 is 33.3 Å². The van der Waals surface area contributed by atoms with Crippen LogP contribution in [0.15, 0.2) is 18.2 Å². The Morgan fingerprint density at radius 3 is 2.25 bits per heavy atom. The van der Waals surface area contributed by atoms with Gasteiger partial charge >= 0.3 is 5.97 Å². The van der Waals surface area contributed by atoms with Gasteiger partial charge in [-0.3, -0.25) is 9.52 Å². The molecule has 1 heterocycles. The number of hydrogen-bond donors (Lipinski definition) is 3. The summed E-state index contributed by atoms with van der Waals surface area (Å²) in [6.07, 6.45) is 0.585. The summed E-state index contributed by atoms with van der Waals surface area (Å²) in [6.45, 7) is -1.76. The first kappa shape index (κ1) is 27.1. The number of aromatic carboxylic acids is 1. The maximum absolute atomic E-state index is 14.1. The van der Waals surface area contributed by atoms with Crippen LogP contribution in [-0.4, -0.2) is 55.5 Å². The molecule has 36 heavy (non-hydrogen) atoms. The number of nitrogens with zero attached hydrogens (tertiary/aromatic N) is 1. The number of carbonyl (C=O) groups excluding carboxylic acids is 1. The number of halogens is 5. The summed E-state index contributed by atoms with van der Waals surface area (Å²) in [5.41, 5.74) is -3.96. The van der Waals surface area contributed by atoms with Crippen LogP contribution in [-0.2, 0) is 26.2 Å². The van der Waals surface area contributed by atoms with Gasteiger partial charge in [0, 0.05) is 18.4 Å². The van der Waals surface area contributed by atoms with Gasteiger partial charge in [-0.05, 0) is 25.0 Å². The van der Waals surface area contributed by atoms with Crippen molar-refractivity contribution in [1.29, 1.82) is 0 Å². The van der Waals surface area contributed by atoms with Crippen LogP contribution >= 0.6 is 0 Å². The number of amides is 1. The molecule has 3 rings (SSSR count). The molecule has 1 atom stereocenters. The Morgan fingerprint density at radius 2 is 1.75 bits per heavy atom. The van der Waals surface area contributed by atoms with E-state index in [1.165, 1.54) is 4.72 Å². The SMILES string of the molecule is O=C(O)c1ccc(N(CC2CCCO2)C(=O)CS(=O)(=O)Nc2c(F)c(F)c(CF)c(F)c2F)cc1O. The highest BCUT2D eigenvalue weighted by Crippen LogP contribution is 2.30. The molecule has 0 radical (unpaired) electrons. The molecule has 2 aromatic rings. The zero-order valence-corrected chi connectivity index (χ0v) is 19.0. The first-order valence-electron chi connectivity index (χ1n) is 10.3. The molecule has 0 spiro atoms.